The topological polar surface area (TPSA) is 98.3 Å². The average Bonchev–Trinajstić information content (AvgIpc) is 3.06. The van der Waals surface area contributed by atoms with E-state index in [2.05, 4.69) is 15.3 Å². The number of aromatic nitrogens is 2. The molecule has 2 aliphatic rings. The van der Waals surface area contributed by atoms with Gasteiger partial charge in [0.1, 0.15) is 6.04 Å². The summed E-state index contributed by atoms with van der Waals surface area (Å²) in [5.74, 6) is -1.09. The molecule has 3 heterocycles. The van der Waals surface area contributed by atoms with Crippen LogP contribution in [-0.2, 0) is 22.6 Å². The van der Waals surface area contributed by atoms with Crippen LogP contribution in [0.3, 0.4) is 0 Å². The van der Waals surface area contributed by atoms with Gasteiger partial charge in [-0.3, -0.25) is 4.79 Å². The summed E-state index contributed by atoms with van der Waals surface area (Å²) < 4.78 is 0. The van der Waals surface area contributed by atoms with Gasteiger partial charge in [0.15, 0.2) is 0 Å². The van der Waals surface area contributed by atoms with Crippen LogP contribution in [0.25, 0.3) is 0 Å². The van der Waals surface area contributed by atoms with Crippen molar-refractivity contribution in [2.75, 3.05) is 6.54 Å². The minimum absolute atomic E-state index is 0.120. The molecule has 0 bridgehead atoms. The summed E-state index contributed by atoms with van der Waals surface area (Å²) in [6, 6.07) is -1.06. The van der Waals surface area contributed by atoms with Crippen LogP contribution in [0.2, 0.25) is 0 Å². The average molecular weight is 264 g/mol. The maximum absolute atomic E-state index is 12.4. The summed E-state index contributed by atoms with van der Waals surface area (Å²) in [6.45, 7) is 1.11. The van der Waals surface area contributed by atoms with Gasteiger partial charge in [-0.1, -0.05) is 0 Å². The molecule has 1 aromatic rings. The third-order valence-electron chi connectivity index (χ3n) is 3.83. The first-order valence-corrected chi connectivity index (χ1v) is 6.44. The maximum atomic E-state index is 12.4. The Kier molecular flexibility index (Phi) is 2.98. The van der Waals surface area contributed by atoms with E-state index in [0.29, 0.717) is 6.54 Å². The first kappa shape index (κ1) is 12.2. The van der Waals surface area contributed by atoms with Crippen LogP contribution in [0.4, 0.5) is 0 Å². The van der Waals surface area contributed by atoms with E-state index in [-0.39, 0.29) is 18.4 Å². The predicted octanol–water partition coefficient (Wildman–Crippen LogP) is -0.500. The Morgan fingerprint density at radius 1 is 1.47 bits per heavy atom. The van der Waals surface area contributed by atoms with Crippen molar-refractivity contribution >= 4 is 11.9 Å². The van der Waals surface area contributed by atoms with E-state index in [1.165, 1.54) is 4.90 Å². The molecule has 7 heteroatoms. The van der Waals surface area contributed by atoms with Crippen LogP contribution >= 0.6 is 0 Å². The number of rotatable bonds is 2. The lowest BCUT2D eigenvalue weighted by molar-refractivity contribution is -0.152. The number of nitrogens with zero attached hydrogens (tertiary/aromatic N) is 2. The molecule has 7 nitrogen and oxygen atoms in total. The number of carbonyl (C=O) groups is 2. The van der Waals surface area contributed by atoms with E-state index < -0.39 is 12.0 Å². The Hall–Kier alpha value is -1.89. The van der Waals surface area contributed by atoms with Gasteiger partial charge in [0, 0.05) is 6.42 Å². The van der Waals surface area contributed by atoms with Crippen molar-refractivity contribution in [2.24, 2.45) is 0 Å². The maximum Gasteiger partial charge on any atom is 0.326 e. The van der Waals surface area contributed by atoms with Crippen LogP contribution in [0.15, 0.2) is 6.33 Å². The highest BCUT2D eigenvalue weighted by atomic mass is 16.4. The molecule has 1 saturated heterocycles. The number of hydrogen-bond donors (Lipinski definition) is 3. The lowest BCUT2D eigenvalue weighted by Crippen LogP contribution is -2.53. The number of carbonyl (C=O) groups excluding carboxylic acids is 1. The van der Waals surface area contributed by atoms with E-state index in [0.717, 1.165) is 30.8 Å². The zero-order chi connectivity index (χ0) is 13.4. The molecule has 3 rings (SSSR count). The number of hydrogen-bond acceptors (Lipinski definition) is 4. The summed E-state index contributed by atoms with van der Waals surface area (Å²) in [5.41, 5.74) is 1.58. The summed E-state index contributed by atoms with van der Waals surface area (Å²) in [4.78, 5) is 32.3. The molecule has 0 aliphatic carbocycles. The zero-order valence-electron chi connectivity index (χ0n) is 10.4. The summed E-state index contributed by atoms with van der Waals surface area (Å²) in [6.07, 6.45) is 3.55. The van der Waals surface area contributed by atoms with Crippen LogP contribution in [0, 0.1) is 0 Å². The van der Waals surface area contributed by atoms with Crippen molar-refractivity contribution in [1.82, 2.24) is 20.2 Å². The van der Waals surface area contributed by atoms with Gasteiger partial charge in [-0.05, 0) is 19.4 Å². The highest BCUT2D eigenvalue weighted by Crippen LogP contribution is 2.23. The van der Waals surface area contributed by atoms with E-state index in [1.807, 2.05) is 0 Å². The van der Waals surface area contributed by atoms with Gasteiger partial charge >= 0.3 is 5.97 Å². The van der Waals surface area contributed by atoms with Crippen LogP contribution in [0.1, 0.15) is 24.2 Å². The monoisotopic (exact) mass is 264 g/mol. The molecule has 19 heavy (non-hydrogen) atoms. The molecule has 0 spiro atoms. The highest BCUT2D eigenvalue weighted by molar-refractivity contribution is 5.87. The second-order valence-corrected chi connectivity index (χ2v) is 5.00. The third-order valence-corrected chi connectivity index (χ3v) is 3.83. The van der Waals surface area contributed by atoms with E-state index >= 15 is 0 Å². The van der Waals surface area contributed by atoms with Crippen LogP contribution < -0.4 is 5.32 Å². The summed E-state index contributed by atoms with van der Waals surface area (Å²) in [5, 5.41) is 12.4. The van der Waals surface area contributed by atoms with Crippen molar-refractivity contribution < 1.29 is 14.7 Å². The minimum Gasteiger partial charge on any atom is -0.480 e. The van der Waals surface area contributed by atoms with E-state index in [1.54, 1.807) is 6.33 Å². The Bertz CT molecular complexity index is 507. The number of imidazole rings is 1. The van der Waals surface area contributed by atoms with Gasteiger partial charge in [-0.15, -0.1) is 0 Å². The lowest BCUT2D eigenvalue weighted by Gasteiger charge is -2.34. The molecule has 0 radical (unpaired) electrons. The van der Waals surface area contributed by atoms with Crippen molar-refractivity contribution in [3.8, 4) is 0 Å². The molecule has 1 amide bonds. The highest BCUT2D eigenvalue weighted by Gasteiger charge is 2.38. The molecular weight excluding hydrogens is 248 g/mol. The molecule has 2 atom stereocenters. The van der Waals surface area contributed by atoms with E-state index in [4.69, 9.17) is 0 Å². The molecule has 3 N–H and O–H groups in total. The fourth-order valence-corrected chi connectivity index (χ4v) is 2.78. The standard InChI is InChI=1S/C12H16N4O3/c17-11(7-2-1-3-13-7)16-5-9-8(14-6-15-9)4-10(16)12(18)19/h6-7,10,13H,1-5H2,(H,14,15)(H,18,19). The fourth-order valence-electron chi connectivity index (χ4n) is 2.78. The third kappa shape index (κ3) is 2.10. The minimum atomic E-state index is -0.972. The fraction of sp³-hybridized carbons (Fsp3) is 0.583. The Balaban J connectivity index is 1.85. The Labute approximate surface area is 110 Å². The predicted molar refractivity (Wildman–Crippen MR) is 65.3 cm³/mol. The second-order valence-electron chi connectivity index (χ2n) is 5.00. The Morgan fingerprint density at radius 2 is 2.32 bits per heavy atom. The number of carboxylic acids is 1. The van der Waals surface area contributed by atoms with Gasteiger partial charge in [0.05, 0.1) is 30.3 Å². The SMILES string of the molecule is O=C(O)C1Cc2nc[nH]c2CN1C(=O)C1CCCN1. The van der Waals surface area contributed by atoms with Gasteiger partial charge in [0.25, 0.3) is 0 Å². The van der Waals surface area contributed by atoms with E-state index in [9.17, 15) is 14.7 Å². The van der Waals surface area contributed by atoms with Crippen molar-refractivity contribution in [3.63, 3.8) is 0 Å². The molecule has 0 saturated carbocycles. The molecule has 0 aromatic carbocycles. The molecule has 2 aliphatic heterocycles. The lowest BCUT2D eigenvalue weighted by atomic mass is 10.0. The normalized spacial score (nSPS) is 26.2. The number of H-pyrrole nitrogens is 1. The van der Waals surface area contributed by atoms with Crippen LogP contribution in [-0.4, -0.2) is 50.5 Å². The number of aliphatic carboxylic acids is 1. The number of carboxylic acid groups (broad SMARTS) is 1. The van der Waals surface area contributed by atoms with Crippen molar-refractivity contribution in [3.05, 3.63) is 17.7 Å². The first-order valence-electron chi connectivity index (χ1n) is 6.44. The zero-order valence-corrected chi connectivity index (χ0v) is 10.4. The van der Waals surface area contributed by atoms with Gasteiger partial charge < -0.3 is 20.3 Å². The Morgan fingerprint density at radius 3 is 3.00 bits per heavy atom. The molecule has 2 unspecified atom stereocenters. The summed E-state index contributed by atoms with van der Waals surface area (Å²) >= 11 is 0. The number of nitrogens with one attached hydrogen (secondary N) is 2. The number of fused-ring (bicyclic) bond motifs is 1. The molecule has 1 fully saturated rings. The molecular formula is C12H16N4O3. The van der Waals surface area contributed by atoms with Crippen molar-refractivity contribution in [2.45, 2.75) is 37.9 Å². The number of aromatic amines is 1. The molecule has 102 valence electrons. The van der Waals surface area contributed by atoms with Gasteiger partial charge in [0.2, 0.25) is 5.91 Å². The van der Waals surface area contributed by atoms with Crippen LogP contribution in [0.5, 0.6) is 0 Å². The smallest absolute Gasteiger partial charge is 0.326 e. The summed E-state index contributed by atoms with van der Waals surface area (Å²) in [7, 11) is 0. The molecule has 1 aromatic heterocycles. The van der Waals surface area contributed by atoms with Gasteiger partial charge in [-0.2, -0.15) is 0 Å². The van der Waals surface area contributed by atoms with Crippen molar-refractivity contribution in [1.29, 1.82) is 0 Å². The second kappa shape index (κ2) is 4.65. The van der Waals surface area contributed by atoms with Gasteiger partial charge in [-0.25, -0.2) is 9.78 Å². The number of amides is 1. The quantitative estimate of drug-likeness (QED) is 0.669. The largest absolute Gasteiger partial charge is 0.480 e. The first-order chi connectivity index (χ1) is 9.16.